The van der Waals surface area contributed by atoms with Crippen molar-refractivity contribution in [2.75, 3.05) is 13.3 Å². The van der Waals surface area contributed by atoms with Crippen LogP contribution in [-0.2, 0) is 17.9 Å². The molecule has 1 fully saturated rings. The van der Waals surface area contributed by atoms with Gasteiger partial charge in [0.2, 0.25) is 0 Å². The van der Waals surface area contributed by atoms with Crippen molar-refractivity contribution in [3.8, 4) is 5.75 Å². The van der Waals surface area contributed by atoms with Crippen molar-refractivity contribution in [3.63, 3.8) is 0 Å². The van der Waals surface area contributed by atoms with Gasteiger partial charge in [0.05, 0.1) is 27.8 Å². The summed E-state index contributed by atoms with van der Waals surface area (Å²) in [5, 5.41) is 12.5. The normalized spacial score (nSPS) is 19.7. The lowest BCUT2D eigenvalue weighted by Gasteiger charge is -2.35. The van der Waals surface area contributed by atoms with Crippen LogP contribution in [0.2, 0.25) is 0 Å². The number of thiazole rings is 1. The summed E-state index contributed by atoms with van der Waals surface area (Å²) < 4.78 is 12.3. The van der Waals surface area contributed by atoms with Crippen LogP contribution in [0.1, 0.15) is 41.4 Å². The number of nitro benzene ring substituents is 1. The Hall–Kier alpha value is -2.55. The zero-order chi connectivity index (χ0) is 19.8. The maximum absolute atomic E-state index is 11.4. The highest BCUT2D eigenvalue weighted by Crippen LogP contribution is 2.39. The molecular formula is C21H21N3O4S. The second kappa shape index (κ2) is 7.70. The number of rotatable bonds is 4. The van der Waals surface area contributed by atoms with Crippen LogP contribution < -0.4 is 4.74 Å². The molecule has 3 aromatic rings. The van der Waals surface area contributed by atoms with E-state index in [0.717, 1.165) is 53.2 Å². The van der Waals surface area contributed by atoms with E-state index in [9.17, 15) is 10.1 Å². The molecule has 29 heavy (non-hydrogen) atoms. The number of aromatic nitrogens is 1. The highest BCUT2D eigenvalue weighted by molar-refractivity contribution is 7.18. The molecule has 150 valence electrons. The number of likely N-dealkylation sites (tertiary alicyclic amines) is 1. The van der Waals surface area contributed by atoms with E-state index in [1.54, 1.807) is 23.5 Å². The van der Waals surface area contributed by atoms with Gasteiger partial charge < -0.3 is 9.47 Å². The van der Waals surface area contributed by atoms with Crippen LogP contribution in [0.5, 0.6) is 5.75 Å². The van der Waals surface area contributed by atoms with Crippen molar-refractivity contribution in [1.29, 1.82) is 0 Å². The van der Waals surface area contributed by atoms with Crippen LogP contribution in [0, 0.1) is 10.1 Å². The van der Waals surface area contributed by atoms with Crippen molar-refractivity contribution in [1.82, 2.24) is 9.88 Å². The van der Waals surface area contributed by atoms with E-state index >= 15 is 0 Å². The molecule has 0 bridgehead atoms. The largest absolute Gasteiger partial charge is 0.467 e. The van der Waals surface area contributed by atoms with Crippen molar-refractivity contribution >= 4 is 27.2 Å². The first-order chi connectivity index (χ1) is 14.2. The molecule has 0 unspecified atom stereocenters. The molecule has 7 nitrogen and oxygen atoms in total. The van der Waals surface area contributed by atoms with E-state index in [2.05, 4.69) is 11.0 Å². The van der Waals surface area contributed by atoms with E-state index in [1.165, 1.54) is 4.70 Å². The maximum atomic E-state index is 11.4. The van der Waals surface area contributed by atoms with Gasteiger partial charge in [-0.1, -0.05) is 18.6 Å². The second-order valence-electron chi connectivity index (χ2n) is 7.46. The topological polar surface area (TPSA) is 77.7 Å². The predicted octanol–water partition coefficient (Wildman–Crippen LogP) is 4.80. The number of hydrogen-bond donors (Lipinski definition) is 0. The first kappa shape index (κ1) is 18.5. The third kappa shape index (κ3) is 3.59. The van der Waals surface area contributed by atoms with Gasteiger partial charge in [0.25, 0.3) is 5.69 Å². The van der Waals surface area contributed by atoms with Gasteiger partial charge in [0.15, 0.2) is 6.79 Å². The summed E-state index contributed by atoms with van der Waals surface area (Å²) in [7, 11) is 0. The van der Waals surface area contributed by atoms with Crippen LogP contribution in [0.25, 0.3) is 10.2 Å². The lowest BCUT2D eigenvalue weighted by molar-refractivity contribution is -0.385. The third-order valence-electron chi connectivity index (χ3n) is 5.57. The molecular weight excluding hydrogens is 390 g/mol. The Kier molecular flexibility index (Phi) is 4.91. The zero-order valence-electron chi connectivity index (χ0n) is 15.9. The van der Waals surface area contributed by atoms with Crippen LogP contribution in [-0.4, -0.2) is 28.1 Å². The fourth-order valence-electron chi connectivity index (χ4n) is 4.21. The first-order valence-corrected chi connectivity index (χ1v) is 10.6. The standard InChI is InChI=1S/C21H21N3O4S/c25-24(26)16-9-14(20-15(10-16)12-27-13-28-20)11-23-8-4-3-6-18(23)21-22-17-5-1-2-7-19(17)29-21/h1-2,5,7,9-10,18H,3-4,6,8,11-13H2/t18-/m0/s1. The number of nitro groups is 1. The molecule has 2 aliphatic heterocycles. The summed E-state index contributed by atoms with van der Waals surface area (Å²) in [5.74, 6) is 0.732. The second-order valence-corrected chi connectivity index (χ2v) is 8.53. The van der Waals surface area contributed by atoms with E-state index in [0.29, 0.717) is 13.2 Å². The molecule has 0 N–H and O–H groups in total. The molecule has 1 aromatic heterocycles. The van der Waals surface area contributed by atoms with Gasteiger partial charge in [-0.25, -0.2) is 4.98 Å². The van der Waals surface area contributed by atoms with Crippen molar-refractivity contribution in [3.05, 3.63) is 62.6 Å². The molecule has 1 atom stereocenters. The lowest BCUT2D eigenvalue weighted by atomic mass is 10.00. The monoisotopic (exact) mass is 411 g/mol. The van der Waals surface area contributed by atoms with Gasteiger partial charge >= 0.3 is 0 Å². The summed E-state index contributed by atoms with van der Waals surface area (Å²) in [6.07, 6.45) is 3.32. The van der Waals surface area contributed by atoms with Crippen LogP contribution in [0.15, 0.2) is 36.4 Å². The highest BCUT2D eigenvalue weighted by atomic mass is 32.1. The Morgan fingerprint density at radius 3 is 3.03 bits per heavy atom. The number of fused-ring (bicyclic) bond motifs is 2. The van der Waals surface area contributed by atoms with Gasteiger partial charge in [0.1, 0.15) is 10.8 Å². The van der Waals surface area contributed by atoms with Crippen LogP contribution in [0.3, 0.4) is 0 Å². The van der Waals surface area contributed by atoms with Crippen molar-refractivity contribution in [2.24, 2.45) is 0 Å². The molecule has 0 aliphatic carbocycles. The molecule has 0 spiro atoms. The molecule has 1 saturated heterocycles. The summed E-state index contributed by atoms with van der Waals surface area (Å²) in [5.41, 5.74) is 2.71. The smallest absolute Gasteiger partial charge is 0.270 e. The minimum absolute atomic E-state index is 0.0846. The molecule has 2 aromatic carbocycles. The van der Waals surface area contributed by atoms with Gasteiger partial charge in [0, 0.05) is 29.8 Å². The van der Waals surface area contributed by atoms with E-state index < -0.39 is 0 Å². The molecule has 0 saturated carbocycles. The average molecular weight is 411 g/mol. The minimum atomic E-state index is -0.348. The molecule has 5 rings (SSSR count). The Balaban J connectivity index is 1.49. The number of non-ortho nitro benzene ring substituents is 1. The van der Waals surface area contributed by atoms with E-state index in [4.69, 9.17) is 14.5 Å². The fraction of sp³-hybridized carbons (Fsp3) is 0.381. The van der Waals surface area contributed by atoms with Gasteiger partial charge in [-0.15, -0.1) is 11.3 Å². The Morgan fingerprint density at radius 1 is 1.28 bits per heavy atom. The molecule has 0 amide bonds. The van der Waals surface area contributed by atoms with Crippen molar-refractivity contribution < 1.29 is 14.4 Å². The Bertz CT molecular complexity index is 1030. The number of hydrogen-bond acceptors (Lipinski definition) is 7. The molecule has 3 heterocycles. The van der Waals surface area contributed by atoms with Gasteiger partial charge in [-0.2, -0.15) is 0 Å². The molecule has 0 radical (unpaired) electrons. The quantitative estimate of drug-likeness (QED) is 0.453. The summed E-state index contributed by atoms with van der Waals surface area (Å²) >= 11 is 1.74. The number of para-hydroxylation sites is 1. The number of benzene rings is 2. The number of nitrogens with zero attached hydrogens (tertiary/aromatic N) is 3. The summed E-state index contributed by atoms with van der Waals surface area (Å²) in [6, 6.07) is 11.6. The zero-order valence-corrected chi connectivity index (χ0v) is 16.7. The van der Waals surface area contributed by atoms with E-state index in [1.807, 2.05) is 18.2 Å². The summed E-state index contributed by atoms with van der Waals surface area (Å²) in [6.45, 7) is 2.06. The van der Waals surface area contributed by atoms with Gasteiger partial charge in [-0.3, -0.25) is 15.0 Å². The maximum Gasteiger partial charge on any atom is 0.270 e. The predicted molar refractivity (Wildman–Crippen MR) is 110 cm³/mol. The fourth-order valence-corrected chi connectivity index (χ4v) is 5.35. The Morgan fingerprint density at radius 2 is 2.17 bits per heavy atom. The minimum Gasteiger partial charge on any atom is -0.467 e. The molecule has 8 heteroatoms. The van der Waals surface area contributed by atoms with Gasteiger partial charge in [-0.05, 0) is 31.5 Å². The first-order valence-electron chi connectivity index (χ1n) is 9.79. The Labute approximate surface area is 172 Å². The number of piperidine rings is 1. The number of ether oxygens (including phenoxy) is 2. The van der Waals surface area contributed by atoms with Crippen molar-refractivity contribution in [2.45, 2.75) is 38.5 Å². The van der Waals surface area contributed by atoms with E-state index in [-0.39, 0.29) is 23.4 Å². The summed E-state index contributed by atoms with van der Waals surface area (Å²) in [4.78, 5) is 18.3. The lowest BCUT2D eigenvalue weighted by Crippen LogP contribution is -2.33. The molecule has 2 aliphatic rings. The van der Waals surface area contributed by atoms with Crippen LogP contribution in [0.4, 0.5) is 5.69 Å². The van der Waals surface area contributed by atoms with Crippen LogP contribution >= 0.6 is 11.3 Å². The average Bonchev–Trinajstić information content (AvgIpc) is 3.18. The third-order valence-corrected chi connectivity index (χ3v) is 6.70. The SMILES string of the molecule is O=[N+]([O-])c1cc2c(c(CN3CCCC[C@H]3c3nc4ccccc4s3)c1)OCOC2. The highest BCUT2D eigenvalue weighted by Gasteiger charge is 2.29.